The number of hydrogen-bond donors (Lipinski definition) is 1. The van der Waals surface area contributed by atoms with Gasteiger partial charge in [-0.15, -0.1) is 5.10 Å². The van der Waals surface area contributed by atoms with Gasteiger partial charge in [0.1, 0.15) is 17.2 Å². The lowest BCUT2D eigenvalue weighted by Gasteiger charge is -2.01. The summed E-state index contributed by atoms with van der Waals surface area (Å²) in [6.07, 6.45) is 3.51. The third-order valence-electron chi connectivity index (χ3n) is 4.76. The minimum Gasteiger partial charge on any atom is -0.345 e. The average molecular weight is 420 g/mol. The van der Waals surface area contributed by atoms with Crippen LogP contribution in [0.4, 0.5) is 4.39 Å². The number of aromatic nitrogens is 5. The lowest BCUT2D eigenvalue weighted by molar-refractivity contribution is 0.0946. The fraction of sp³-hybridized carbons (Fsp3) is 0.143. The van der Waals surface area contributed by atoms with Crippen molar-refractivity contribution in [1.82, 2.24) is 29.7 Å². The van der Waals surface area contributed by atoms with Crippen LogP contribution in [0.3, 0.4) is 0 Å². The van der Waals surface area contributed by atoms with Crippen molar-refractivity contribution in [3.8, 4) is 0 Å². The second-order valence-electron chi connectivity index (χ2n) is 7.07. The third-order valence-corrected chi connectivity index (χ3v) is 5.77. The first-order valence-corrected chi connectivity index (χ1v) is 10.2. The summed E-state index contributed by atoms with van der Waals surface area (Å²) in [5.41, 5.74) is 4.14. The largest absolute Gasteiger partial charge is 0.345 e. The predicted octanol–water partition coefficient (Wildman–Crippen LogP) is 3.57. The van der Waals surface area contributed by atoms with Gasteiger partial charge in [0.15, 0.2) is 4.96 Å². The molecule has 0 aliphatic carbocycles. The van der Waals surface area contributed by atoms with E-state index < -0.39 is 0 Å². The maximum atomic E-state index is 13.0. The van der Waals surface area contributed by atoms with Crippen LogP contribution in [0.1, 0.15) is 27.3 Å². The summed E-state index contributed by atoms with van der Waals surface area (Å²) in [5.74, 6) is -0.540. The van der Waals surface area contributed by atoms with Gasteiger partial charge in [0.05, 0.1) is 29.5 Å². The molecule has 9 heteroatoms. The Morgan fingerprint density at radius 1 is 1.17 bits per heavy atom. The first-order chi connectivity index (χ1) is 14.5. The molecule has 1 N–H and O–H groups in total. The van der Waals surface area contributed by atoms with E-state index in [4.69, 9.17) is 0 Å². The zero-order valence-corrected chi connectivity index (χ0v) is 16.9. The van der Waals surface area contributed by atoms with Crippen LogP contribution in [0, 0.1) is 12.7 Å². The summed E-state index contributed by atoms with van der Waals surface area (Å²) in [5, 5.41) is 11.0. The van der Waals surface area contributed by atoms with Crippen LogP contribution in [0.2, 0.25) is 0 Å². The van der Waals surface area contributed by atoms with Crippen LogP contribution in [0.15, 0.2) is 54.9 Å². The normalized spacial score (nSPS) is 11.4. The Balaban J connectivity index is 1.26. The molecule has 5 rings (SSSR count). The number of halogens is 1. The van der Waals surface area contributed by atoms with Crippen LogP contribution in [-0.4, -0.2) is 30.3 Å². The highest BCUT2D eigenvalue weighted by Gasteiger charge is 2.15. The van der Waals surface area contributed by atoms with Crippen molar-refractivity contribution in [2.45, 2.75) is 20.0 Å². The van der Waals surface area contributed by atoms with Gasteiger partial charge in [-0.1, -0.05) is 34.7 Å². The van der Waals surface area contributed by atoms with Crippen LogP contribution >= 0.6 is 11.3 Å². The molecule has 7 nitrogen and oxygen atoms in total. The van der Waals surface area contributed by atoms with Crippen molar-refractivity contribution in [3.05, 3.63) is 83.2 Å². The van der Waals surface area contributed by atoms with Gasteiger partial charge in [0.25, 0.3) is 5.91 Å². The second-order valence-corrected chi connectivity index (χ2v) is 8.08. The maximum Gasteiger partial charge on any atom is 0.271 e. The molecule has 0 saturated carbocycles. The van der Waals surface area contributed by atoms with Crippen LogP contribution in [0.25, 0.3) is 15.2 Å². The second kappa shape index (κ2) is 7.34. The monoisotopic (exact) mass is 420 g/mol. The lowest BCUT2D eigenvalue weighted by atomic mass is 10.2. The summed E-state index contributed by atoms with van der Waals surface area (Å²) < 4.78 is 17.7. The van der Waals surface area contributed by atoms with E-state index in [-0.39, 0.29) is 18.3 Å². The zero-order valence-electron chi connectivity index (χ0n) is 16.0. The van der Waals surface area contributed by atoms with Gasteiger partial charge in [0.2, 0.25) is 0 Å². The highest BCUT2D eigenvalue weighted by molar-refractivity contribution is 7.23. The Hall–Kier alpha value is -3.59. The van der Waals surface area contributed by atoms with E-state index in [1.54, 1.807) is 40.5 Å². The fourth-order valence-electron chi connectivity index (χ4n) is 3.25. The van der Waals surface area contributed by atoms with Crippen LogP contribution in [0.5, 0.6) is 0 Å². The lowest BCUT2D eigenvalue weighted by Crippen LogP contribution is -2.23. The number of carbonyl (C=O) groups is 1. The highest BCUT2D eigenvalue weighted by Crippen LogP contribution is 2.27. The van der Waals surface area contributed by atoms with Crippen molar-refractivity contribution in [2.24, 2.45) is 0 Å². The van der Waals surface area contributed by atoms with Crippen LogP contribution in [-0.2, 0) is 13.1 Å². The molecule has 1 amide bonds. The van der Waals surface area contributed by atoms with Crippen molar-refractivity contribution in [3.63, 3.8) is 0 Å². The summed E-state index contributed by atoms with van der Waals surface area (Å²) in [6, 6.07) is 12.4. The van der Waals surface area contributed by atoms with Gasteiger partial charge in [-0.05, 0) is 42.3 Å². The molecule has 5 aromatic rings. The molecule has 0 atom stereocenters. The molecular weight excluding hydrogens is 403 g/mol. The van der Waals surface area contributed by atoms with Gasteiger partial charge < -0.3 is 5.32 Å². The summed E-state index contributed by atoms with van der Waals surface area (Å²) in [7, 11) is 0. The molecule has 0 unspecified atom stereocenters. The Kier molecular flexibility index (Phi) is 4.51. The summed E-state index contributed by atoms with van der Waals surface area (Å²) in [6.45, 7) is 2.77. The number of amides is 1. The van der Waals surface area contributed by atoms with Gasteiger partial charge >= 0.3 is 0 Å². The Morgan fingerprint density at radius 2 is 2.00 bits per heavy atom. The Bertz CT molecular complexity index is 1370. The smallest absolute Gasteiger partial charge is 0.271 e. The molecule has 3 heterocycles. The molecule has 30 heavy (non-hydrogen) atoms. The van der Waals surface area contributed by atoms with Gasteiger partial charge in [-0.2, -0.15) is 0 Å². The van der Waals surface area contributed by atoms with Crippen LogP contribution < -0.4 is 5.32 Å². The molecular formula is C21H17FN6OS. The standard InChI is InChI=1S/C21H17FN6OS/c1-13-2-7-18-19(8-13)30-21-24-17(12-28(18)21)20(29)23-9-16-11-27(26-25-16)10-14-3-5-15(22)6-4-14/h2-8,11-12H,9-10H2,1H3,(H,23,29). The number of thiazole rings is 1. The van der Waals surface area contributed by atoms with Crippen molar-refractivity contribution in [2.75, 3.05) is 0 Å². The molecule has 0 saturated heterocycles. The van der Waals surface area contributed by atoms with Gasteiger partial charge in [0, 0.05) is 6.20 Å². The molecule has 0 aliphatic rings. The number of benzene rings is 2. The summed E-state index contributed by atoms with van der Waals surface area (Å²) >= 11 is 1.56. The molecule has 0 spiro atoms. The number of fused-ring (bicyclic) bond motifs is 3. The number of imidazole rings is 1. The highest BCUT2D eigenvalue weighted by atomic mass is 32.1. The number of nitrogens with zero attached hydrogens (tertiary/aromatic N) is 5. The van der Waals surface area contributed by atoms with Gasteiger partial charge in [-0.25, -0.2) is 14.1 Å². The minimum absolute atomic E-state index is 0.243. The molecule has 0 fully saturated rings. The molecule has 0 aliphatic heterocycles. The average Bonchev–Trinajstić information content (AvgIpc) is 3.42. The first kappa shape index (κ1) is 18.4. The fourth-order valence-corrected chi connectivity index (χ4v) is 4.36. The predicted molar refractivity (Wildman–Crippen MR) is 112 cm³/mol. The van der Waals surface area contributed by atoms with E-state index >= 15 is 0 Å². The molecule has 3 aromatic heterocycles. The van der Waals surface area contributed by atoms with E-state index in [0.29, 0.717) is 17.9 Å². The van der Waals surface area contributed by atoms with Gasteiger partial charge in [-0.3, -0.25) is 9.20 Å². The maximum absolute atomic E-state index is 13.0. The Morgan fingerprint density at radius 3 is 2.83 bits per heavy atom. The zero-order chi connectivity index (χ0) is 20.7. The SMILES string of the molecule is Cc1ccc2c(c1)sc1nc(C(=O)NCc3cn(Cc4ccc(F)cc4)nn3)cn12. The number of aryl methyl sites for hydroxylation is 1. The van der Waals surface area contributed by atoms with E-state index in [9.17, 15) is 9.18 Å². The minimum atomic E-state index is -0.275. The Labute approximate surface area is 174 Å². The van der Waals surface area contributed by atoms with E-state index in [1.165, 1.54) is 17.7 Å². The van der Waals surface area contributed by atoms with Crippen molar-refractivity contribution >= 4 is 32.4 Å². The van der Waals surface area contributed by atoms with E-state index in [2.05, 4.69) is 33.6 Å². The molecule has 0 radical (unpaired) electrons. The van der Waals surface area contributed by atoms with E-state index in [0.717, 1.165) is 20.7 Å². The number of carbonyl (C=O) groups excluding carboxylic acids is 1. The quantitative estimate of drug-likeness (QED) is 0.472. The van der Waals surface area contributed by atoms with Crippen molar-refractivity contribution in [1.29, 1.82) is 0 Å². The molecule has 150 valence electrons. The topological polar surface area (TPSA) is 77.1 Å². The van der Waals surface area contributed by atoms with Crippen molar-refractivity contribution < 1.29 is 9.18 Å². The third kappa shape index (κ3) is 3.55. The molecule has 0 bridgehead atoms. The van der Waals surface area contributed by atoms with E-state index in [1.807, 2.05) is 16.5 Å². The number of rotatable bonds is 5. The summed E-state index contributed by atoms with van der Waals surface area (Å²) in [4.78, 5) is 17.8. The molecule has 2 aromatic carbocycles. The number of nitrogens with one attached hydrogen (secondary N) is 1. The first-order valence-electron chi connectivity index (χ1n) is 9.35. The number of hydrogen-bond acceptors (Lipinski definition) is 5.